The van der Waals surface area contributed by atoms with Crippen molar-refractivity contribution < 1.29 is 13.8 Å². The Morgan fingerprint density at radius 3 is 2.42 bits per heavy atom. The molecule has 0 fully saturated rings. The van der Waals surface area contributed by atoms with E-state index in [1.807, 2.05) is 17.8 Å². The zero-order valence-electron chi connectivity index (χ0n) is 27.1. The maximum atomic E-state index is 5.47. The Balaban J connectivity index is 1.35. The van der Waals surface area contributed by atoms with Crippen LogP contribution in [0.4, 0.5) is 11.5 Å². The lowest BCUT2D eigenvalue weighted by Crippen LogP contribution is -2.44. The average Bonchev–Trinajstić information content (AvgIpc) is 3.37. The van der Waals surface area contributed by atoms with Gasteiger partial charge in [0, 0.05) is 35.4 Å². The third-order valence-electron chi connectivity index (χ3n) is 8.68. The standard InChI is InChI=1S/C39H44N4OS/c1-6-41(24-15-25-43(3,4)29-30-16-14-19-33(26-30)44-5)38-27-31(28-39-40(2)36-22-12-13-23-37(36)45-39)34-20-10-11-21-35(34)42(38)32-17-8-7-9-18-32/h7-14,16-23,26-28H,6,15,24-25,29H2,1-5H3/q+2. The van der Waals surface area contributed by atoms with Crippen molar-refractivity contribution in [2.45, 2.75) is 24.8 Å². The number of para-hydroxylation sites is 3. The van der Waals surface area contributed by atoms with E-state index < -0.39 is 0 Å². The van der Waals surface area contributed by atoms with E-state index in [0.29, 0.717) is 0 Å². The van der Waals surface area contributed by atoms with Crippen molar-refractivity contribution >= 4 is 40.2 Å². The van der Waals surface area contributed by atoms with Gasteiger partial charge in [-0.3, -0.25) is 4.90 Å². The molecule has 1 aliphatic heterocycles. The van der Waals surface area contributed by atoms with E-state index in [0.717, 1.165) is 42.8 Å². The number of rotatable bonds is 11. The number of anilines is 2. The fourth-order valence-corrected chi connectivity index (χ4v) is 7.47. The molecule has 0 bridgehead atoms. The van der Waals surface area contributed by atoms with Crippen LogP contribution in [0.2, 0.25) is 0 Å². The molecule has 1 aliphatic rings. The quantitative estimate of drug-likeness (QED) is 0.110. The van der Waals surface area contributed by atoms with Crippen LogP contribution in [0.15, 0.2) is 119 Å². The van der Waals surface area contributed by atoms with Crippen LogP contribution < -0.4 is 19.1 Å². The van der Waals surface area contributed by atoms with Gasteiger partial charge in [0.05, 0.1) is 51.6 Å². The number of fused-ring (bicyclic) bond motifs is 2. The second kappa shape index (κ2) is 13.4. The van der Waals surface area contributed by atoms with Gasteiger partial charge in [-0.2, -0.15) is 4.57 Å². The predicted molar refractivity (Wildman–Crippen MR) is 190 cm³/mol. The fourth-order valence-electron chi connectivity index (χ4n) is 6.37. The highest BCUT2D eigenvalue weighted by molar-refractivity contribution is 8.03. The summed E-state index contributed by atoms with van der Waals surface area (Å²) in [5.41, 5.74) is 6.19. The number of ether oxygens (including phenoxy) is 1. The molecular formula is C39H44N4OS+2. The van der Waals surface area contributed by atoms with E-state index in [1.54, 1.807) is 7.11 Å². The number of pyridine rings is 1. The molecule has 1 aromatic heterocycles. The van der Waals surface area contributed by atoms with E-state index in [4.69, 9.17) is 4.74 Å². The number of hydrogen-bond donors (Lipinski definition) is 0. The largest absolute Gasteiger partial charge is 0.497 e. The first-order valence-corrected chi connectivity index (χ1v) is 16.6. The summed E-state index contributed by atoms with van der Waals surface area (Å²) < 4.78 is 8.83. The van der Waals surface area contributed by atoms with Crippen molar-refractivity contribution in [3.63, 3.8) is 0 Å². The summed E-state index contributed by atoms with van der Waals surface area (Å²) >= 11 is 1.84. The number of nitrogens with zero attached hydrogens (tertiary/aromatic N) is 4. The summed E-state index contributed by atoms with van der Waals surface area (Å²) in [4.78, 5) is 6.16. The van der Waals surface area contributed by atoms with Crippen molar-refractivity contribution in [3.05, 3.63) is 125 Å². The molecule has 2 heterocycles. The van der Waals surface area contributed by atoms with Crippen LogP contribution >= 0.6 is 11.8 Å². The summed E-state index contributed by atoms with van der Waals surface area (Å²) in [5, 5.41) is 2.49. The Morgan fingerprint density at radius 2 is 1.64 bits per heavy atom. The molecule has 45 heavy (non-hydrogen) atoms. The van der Waals surface area contributed by atoms with Crippen molar-refractivity contribution in [2.75, 3.05) is 57.7 Å². The molecule has 0 spiro atoms. The van der Waals surface area contributed by atoms with Crippen LogP contribution in [0.25, 0.3) is 22.7 Å². The molecule has 0 atom stereocenters. The van der Waals surface area contributed by atoms with Gasteiger partial charge < -0.3 is 14.1 Å². The van der Waals surface area contributed by atoms with Gasteiger partial charge in [-0.25, -0.2) is 0 Å². The summed E-state index contributed by atoms with van der Waals surface area (Å²) in [6, 6.07) is 39.1. The Bertz CT molecular complexity index is 1820. The van der Waals surface area contributed by atoms with Gasteiger partial charge in [-0.15, -0.1) is 0 Å². The molecule has 4 aromatic carbocycles. The van der Waals surface area contributed by atoms with Gasteiger partial charge in [-0.1, -0.05) is 72.4 Å². The van der Waals surface area contributed by atoms with Gasteiger partial charge >= 0.3 is 0 Å². The predicted octanol–water partition coefficient (Wildman–Crippen LogP) is 8.16. The minimum absolute atomic E-state index is 0.919. The molecule has 0 amide bonds. The van der Waals surface area contributed by atoms with Gasteiger partial charge in [0.1, 0.15) is 23.5 Å². The van der Waals surface area contributed by atoms with Crippen molar-refractivity contribution in [1.29, 1.82) is 0 Å². The third kappa shape index (κ3) is 6.73. The lowest BCUT2D eigenvalue weighted by molar-refractivity contribution is -0.903. The summed E-state index contributed by atoms with van der Waals surface area (Å²) in [5.74, 6) is 2.14. The molecule has 0 saturated heterocycles. The molecule has 6 rings (SSSR count). The van der Waals surface area contributed by atoms with Crippen LogP contribution in [-0.4, -0.2) is 52.4 Å². The van der Waals surface area contributed by atoms with Gasteiger partial charge in [-0.05, 0) is 61.0 Å². The topological polar surface area (TPSA) is 19.6 Å². The molecule has 0 N–H and O–H groups in total. The van der Waals surface area contributed by atoms with E-state index in [-0.39, 0.29) is 0 Å². The molecule has 0 aliphatic carbocycles. The number of methoxy groups -OCH3 is 1. The van der Waals surface area contributed by atoms with Crippen LogP contribution in [0.1, 0.15) is 24.5 Å². The van der Waals surface area contributed by atoms with E-state index >= 15 is 0 Å². The number of hydrogen-bond acceptors (Lipinski definition) is 4. The molecule has 6 heteroatoms. The smallest absolute Gasteiger partial charge is 0.282 e. The van der Waals surface area contributed by atoms with Crippen molar-refractivity contribution in [3.8, 4) is 11.4 Å². The van der Waals surface area contributed by atoms with Gasteiger partial charge in [0.25, 0.3) is 5.82 Å². The Kier molecular flexibility index (Phi) is 9.15. The van der Waals surface area contributed by atoms with Crippen molar-refractivity contribution in [2.24, 2.45) is 0 Å². The Hall–Kier alpha value is -4.26. The number of aromatic nitrogens is 1. The van der Waals surface area contributed by atoms with E-state index in [9.17, 15) is 0 Å². The van der Waals surface area contributed by atoms with Gasteiger partial charge in [0.15, 0.2) is 0 Å². The summed E-state index contributed by atoms with van der Waals surface area (Å²) in [6.07, 6.45) is 3.45. The number of benzene rings is 4. The average molecular weight is 617 g/mol. The Morgan fingerprint density at radius 1 is 0.889 bits per heavy atom. The zero-order chi connectivity index (χ0) is 31.4. The number of thioether (sulfide) groups is 1. The van der Waals surface area contributed by atoms with Crippen LogP contribution in [0.3, 0.4) is 0 Å². The monoisotopic (exact) mass is 616 g/mol. The first kappa shape index (κ1) is 30.8. The summed E-state index contributed by atoms with van der Waals surface area (Å²) in [6.45, 7) is 6.20. The molecule has 5 aromatic rings. The SMILES string of the molecule is CCN(CCC[N+](C)(C)Cc1cccc(OC)c1)c1cc(/C=C2\Sc3ccccc3N2C)c2ccccc2[n+]1-c1ccccc1. The van der Waals surface area contributed by atoms with E-state index in [1.165, 1.54) is 49.1 Å². The van der Waals surface area contributed by atoms with Crippen molar-refractivity contribution in [1.82, 2.24) is 0 Å². The normalized spacial score (nSPS) is 13.8. The van der Waals surface area contributed by atoms with Gasteiger partial charge in [0.2, 0.25) is 0 Å². The molecular weight excluding hydrogens is 573 g/mol. The second-order valence-corrected chi connectivity index (χ2v) is 13.4. The lowest BCUT2D eigenvalue weighted by Gasteiger charge is -2.30. The third-order valence-corrected chi connectivity index (χ3v) is 9.84. The highest BCUT2D eigenvalue weighted by Gasteiger charge is 2.27. The second-order valence-electron chi connectivity index (χ2n) is 12.4. The molecule has 0 radical (unpaired) electrons. The van der Waals surface area contributed by atoms with Crippen LogP contribution in [0.5, 0.6) is 5.75 Å². The Labute approximate surface area is 272 Å². The van der Waals surface area contributed by atoms with Crippen LogP contribution in [0, 0.1) is 0 Å². The maximum absolute atomic E-state index is 5.47. The molecule has 0 saturated carbocycles. The maximum Gasteiger partial charge on any atom is 0.282 e. The first-order valence-electron chi connectivity index (χ1n) is 15.8. The minimum Gasteiger partial charge on any atom is -0.497 e. The zero-order valence-corrected chi connectivity index (χ0v) is 27.9. The van der Waals surface area contributed by atoms with Crippen LogP contribution in [-0.2, 0) is 6.54 Å². The van der Waals surface area contributed by atoms with E-state index in [2.05, 4.69) is 152 Å². The first-order chi connectivity index (χ1) is 21.9. The molecule has 230 valence electrons. The highest BCUT2D eigenvalue weighted by Crippen LogP contribution is 2.45. The lowest BCUT2D eigenvalue weighted by atomic mass is 10.1. The minimum atomic E-state index is 0.919. The summed E-state index contributed by atoms with van der Waals surface area (Å²) in [7, 11) is 8.56. The fraction of sp³-hybridized carbons (Fsp3) is 0.256. The molecule has 5 nitrogen and oxygen atoms in total. The highest BCUT2D eigenvalue weighted by atomic mass is 32.2. The number of quaternary nitrogens is 1. The molecule has 0 unspecified atom stereocenters.